The Bertz CT molecular complexity index is 935. The maximum atomic E-state index is 12.7. The third-order valence-corrected chi connectivity index (χ3v) is 12.7. The summed E-state index contributed by atoms with van der Waals surface area (Å²) in [6, 6.07) is 0. The van der Waals surface area contributed by atoms with Gasteiger partial charge in [0.05, 0.1) is 19.8 Å². The highest BCUT2D eigenvalue weighted by Gasteiger charge is 2.25. The zero-order valence-corrected chi connectivity index (χ0v) is 40.9. The van der Waals surface area contributed by atoms with E-state index >= 15 is 0 Å². The van der Waals surface area contributed by atoms with E-state index in [1.807, 2.05) is 0 Å². The van der Waals surface area contributed by atoms with Gasteiger partial charge in [-0.05, 0) is 38.5 Å². The molecule has 0 amide bonds. The lowest BCUT2D eigenvalue weighted by Gasteiger charge is -2.20. The van der Waals surface area contributed by atoms with E-state index in [0.717, 1.165) is 32.1 Å². The molecule has 3 N–H and O–H groups in total. The van der Waals surface area contributed by atoms with Gasteiger partial charge in [-0.1, -0.05) is 238 Å². The van der Waals surface area contributed by atoms with Gasteiger partial charge in [0.25, 0.3) is 0 Å². The molecule has 0 aromatic carbocycles. The third-order valence-electron chi connectivity index (χ3n) is 11.7. The summed E-state index contributed by atoms with van der Waals surface area (Å²) in [5, 5.41) is 0. The Morgan fingerprint density at radius 1 is 0.483 bits per heavy atom. The lowest BCUT2D eigenvalue weighted by Crippen LogP contribution is -2.28. The first-order chi connectivity index (χ1) is 29.4. The van der Waals surface area contributed by atoms with Gasteiger partial charge in [0.1, 0.15) is 6.10 Å². The number of unbranched alkanes of at least 4 members (excludes halogenated alkanes) is 36. The number of ether oxygens (including phenoxy) is 2. The second-order valence-electron chi connectivity index (χ2n) is 17.7. The molecule has 0 heterocycles. The Morgan fingerprint density at radius 3 is 1.22 bits per heavy atom. The summed E-state index contributed by atoms with van der Waals surface area (Å²) in [7, 11) is -4.28. The fourth-order valence-electron chi connectivity index (χ4n) is 7.82. The number of carbonyl (C=O) groups is 1. The number of allylic oxidation sites excluding steroid dienone is 2. The monoisotopic (exact) mass is 872 g/mol. The van der Waals surface area contributed by atoms with Crippen molar-refractivity contribution in [2.75, 3.05) is 33.0 Å². The fourth-order valence-corrected chi connectivity index (χ4v) is 8.58. The molecule has 0 bridgehead atoms. The Morgan fingerprint density at radius 2 is 0.833 bits per heavy atom. The normalized spacial score (nSPS) is 13.3. The van der Waals surface area contributed by atoms with Crippen LogP contribution in [0.1, 0.15) is 271 Å². The molecular formula is C51H102NO7P. The quantitative estimate of drug-likeness (QED) is 0.0269. The first-order valence-corrected chi connectivity index (χ1v) is 27.7. The molecule has 0 aliphatic carbocycles. The highest BCUT2D eigenvalue weighted by atomic mass is 31.2. The number of carbonyl (C=O) groups excluding carboxylic acids is 1. The first-order valence-electron chi connectivity index (χ1n) is 26.2. The van der Waals surface area contributed by atoms with Crippen molar-refractivity contribution in [2.45, 2.75) is 277 Å². The van der Waals surface area contributed by atoms with Crippen molar-refractivity contribution >= 4 is 13.8 Å². The maximum Gasteiger partial charge on any atom is 0.472 e. The van der Waals surface area contributed by atoms with Crippen LogP contribution < -0.4 is 5.73 Å². The number of hydrogen-bond acceptors (Lipinski definition) is 7. The van der Waals surface area contributed by atoms with Crippen molar-refractivity contribution in [1.82, 2.24) is 0 Å². The summed E-state index contributed by atoms with van der Waals surface area (Å²) in [6.07, 6.45) is 55.3. The number of esters is 1. The molecule has 9 heteroatoms. The molecule has 0 radical (unpaired) electrons. The molecule has 2 atom stereocenters. The first kappa shape index (κ1) is 59.2. The van der Waals surface area contributed by atoms with Crippen molar-refractivity contribution in [3.63, 3.8) is 0 Å². The highest BCUT2D eigenvalue weighted by molar-refractivity contribution is 7.47. The van der Waals surface area contributed by atoms with Gasteiger partial charge in [-0.2, -0.15) is 0 Å². The summed E-state index contributed by atoms with van der Waals surface area (Å²) < 4.78 is 33.6. The average molecular weight is 872 g/mol. The van der Waals surface area contributed by atoms with E-state index in [1.54, 1.807) is 0 Å². The summed E-state index contributed by atoms with van der Waals surface area (Å²) in [5.41, 5.74) is 5.39. The minimum absolute atomic E-state index is 0.0916. The van der Waals surface area contributed by atoms with Gasteiger partial charge in [-0.25, -0.2) is 4.57 Å². The Kier molecular flexibility index (Phi) is 48.6. The highest BCUT2D eigenvalue weighted by Crippen LogP contribution is 2.43. The minimum atomic E-state index is -4.28. The molecule has 0 spiro atoms. The molecule has 0 saturated carbocycles. The molecule has 2 unspecified atom stereocenters. The van der Waals surface area contributed by atoms with Gasteiger partial charge in [-0.3, -0.25) is 13.8 Å². The molecule has 0 aromatic rings. The van der Waals surface area contributed by atoms with Crippen molar-refractivity contribution in [1.29, 1.82) is 0 Å². The lowest BCUT2D eigenvalue weighted by atomic mass is 10.0. The second-order valence-corrected chi connectivity index (χ2v) is 19.2. The third kappa shape index (κ3) is 48.3. The average Bonchev–Trinajstić information content (AvgIpc) is 3.24. The van der Waals surface area contributed by atoms with Gasteiger partial charge in [0.2, 0.25) is 0 Å². The molecule has 0 aliphatic heterocycles. The van der Waals surface area contributed by atoms with Crippen LogP contribution in [-0.2, 0) is 27.9 Å². The van der Waals surface area contributed by atoms with Crippen LogP contribution in [0.5, 0.6) is 0 Å². The number of hydrogen-bond donors (Lipinski definition) is 2. The summed E-state index contributed by atoms with van der Waals surface area (Å²) in [5.74, 6) is -0.324. The van der Waals surface area contributed by atoms with Gasteiger partial charge < -0.3 is 20.1 Å². The fraction of sp³-hybridized carbons (Fsp3) is 0.941. The Hall–Kier alpha value is -0.760. The van der Waals surface area contributed by atoms with E-state index in [4.69, 9.17) is 24.3 Å². The molecule has 60 heavy (non-hydrogen) atoms. The van der Waals surface area contributed by atoms with Crippen LogP contribution in [-0.4, -0.2) is 49.9 Å². The van der Waals surface area contributed by atoms with E-state index in [-0.39, 0.29) is 32.3 Å². The SMILES string of the molecule is CCCCCCCCCC/C=C\CCCCCCCCCCCCCC(=O)OC(COCCCCCCCCCCCCCCCCCCCC)COP(=O)(O)OCCN. The predicted molar refractivity (Wildman–Crippen MR) is 257 cm³/mol. The van der Waals surface area contributed by atoms with E-state index in [0.29, 0.717) is 13.0 Å². The number of nitrogens with two attached hydrogens (primary N) is 1. The molecule has 8 nitrogen and oxygen atoms in total. The summed E-state index contributed by atoms with van der Waals surface area (Å²) in [6.45, 7) is 4.99. The van der Waals surface area contributed by atoms with E-state index in [9.17, 15) is 14.3 Å². The smallest absolute Gasteiger partial charge is 0.457 e. The molecule has 0 aliphatic rings. The van der Waals surface area contributed by atoms with E-state index in [1.165, 1.54) is 218 Å². The van der Waals surface area contributed by atoms with Crippen molar-refractivity contribution < 1.29 is 32.8 Å². The largest absolute Gasteiger partial charge is 0.472 e. The van der Waals surface area contributed by atoms with Crippen LogP contribution in [0.15, 0.2) is 12.2 Å². The zero-order valence-electron chi connectivity index (χ0n) is 40.0. The summed E-state index contributed by atoms with van der Waals surface area (Å²) >= 11 is 0. The molecule has 0 fully saturated rings. The topological polar surface area (TPSA) is 117 Å². The second kappa shape index (κ2) is 49.3. The molecule has 0 rings (SSSR count). The van der Waals surface area contributed by atoms with Crippen LogP contribution in [0.4, 0.5) is 0 Å². The van der Waals surface area contributed by atoms with Gasteiger partial charge in [0.15, 0.2) is 0 Å². The number of phosphoric acid groups is 1. The standard InChI is InChI=1S/C51H102NO7P/c1-3-5-7-9-11-13-15-17-19-21-23-24-25-26-27-28-30-32-34-36-38-40-42-44-51(53)59-50(49-58-60(54,55)57-47-45-52)48-56-46-43-41-39-37-35-33-31-29-22-20-18-16-14-12-10-8-6-4-2/h21,23,50H,3-20,22,24-49,52H2,1-2H3,(H,54,55)/b23-21-. The molecular weight excluding hydrogens is 770 g/mol. The van der Waals surface area contributed by atoms with Crippen LogP contribution in [0.25, 0.3) is 0 Å². The zero-order chi connectivity index (χ0) is 43.7. The minimum Gasteiger partial charge on any atom is -0.457 e. The molecule has 0 saturated heterocycles. The Balaban J connectivity index is 3.88. The summed E-state index contributed by atoms with van der Waals surface area (Å²) in [4.78, 5) is 22.6. The van der Waals surface area contributed by atoms with Crippen molar-refractivity contribution in [3.8, 4) is 0 Å². The van der Waals surface area contributed by atoms with Gasteiger partial charge in [-0.15, -0.1) is 0 Å². The van der Waals surface area contributed by atoms with Crippen molar-refractivity contribution in [2.24, 2.45) is 5.73 Å². The van der Waals surface area contributed by atoms with Crippen LogP contribution >= 0.6 is 7.82 Å². The van der Waals surface area contributed by atoms with E-state index in [2.05, 4.69) is 26.0 Å². The van der Waals surface area contributed by atoms with Crippen LogP contribution in [0.2, 0.25) is 0 Å². The Labute approximate surface area is 373 Å². The van der Waals surface area contributed by atoms with Crippen LogP contribution in [0.3, 0.4) is 0 Å². The van der Waals surface area contributed by atoms with Crippen molar-refractivity contribution in [3.05, 3.63) is 12.2 Å². The maximum absolute atomic E-state index is 12.7. The van der Waals surface area contributed by atoms with E-state index < -0.39 is 13.9 Å². The molecule has 0 aromatic heterocycles. The van der Waals surface area contributed by atoms with Crippen LogP contribution in [0, 0.1) is 0 Å². The lowest BCUT2D eigenvalue weighted by molar-refractivity contribution is -0.154. The van der Waals surface area contributed by atoms with Gasteiger partial charge >= 0.3 is 13.8 Å². The van der Waals surface area contributed by atoms with Gasteiger partial charge in [0, 0.05) is 19.6 Å². The number of rotatable bonds is 51. The molecule has 358 valence electrons. The predicted octanol–water partition coefficient (Wildman–Crippen LogP) is 16.2. The number of phosphoric ester groups is 1.